The van der Waals surface area contributed by atoms with Gasteiger partial charge in [0.05, 0.1) is 12.2 Å². The molecule has 1 fully saturated rings. The van der Waals surface area contributed by atoms with Crippen LogP contribution in [0.2, 0.25) is 0 Å². The molecule has 0 aromatic carbocycles. The van der Waals surface area contributed by atoms with Gasteiger partial charge in [0.15, 0.2) is 6.61 Å². The van der Waals surface area contributed by atoms with Crippen LogP contribution in [0.1, 0.15) is 13.3 Å². The molecule has 2 atom stereocenters. The van der Waals surface area contributed by atoms with E-state index in [2.05, 4.69) is 9.50 Å². The summed E-state index contributed by atoms with van der Waals surface area (Å²) in [5.74, 6) is -0.162. The molecule has 4 nitrogen and oxygen atoms in total. The molecule has 2 unspecified atom stereocenters. The number of carbonyl (C=O) groups excluding carboxylic acids is 1. The summed E-state index contributed by atoms with van der Waals surface area (Å²) < 4.78 is 40.9. The molecule has 0 aliphatic carbocycles. The quantitative estimate of drug-likeness (QED) is 0.443. The number of hydrogen-bond donors (Lipinski definition) is 1. The normalized spacial score (nSPS) is 24.2. The van der Waals surface area contributed by atoms with Crippen LogP contribution in [0, 0.1) is 0 Å². The smallest absolute Gasteiger partial charge is 0.355 e. The highest BCUT2D eigenvalue weighted by molar-refractivity contribution is 7.92. The first-order chi connectivity index (χ1) is 7.44. The first-order valence-corrected chi connectivity index (χ1v) is 5.54. The van der Waals surface area contributed by atoms with Gasteiger partial charge in [0.25, 0.3) is 0 Å². The molecule has 1 aliphatic heterocycles. The zero-order valence-corrected chi connectivity index (χ0v) is 9.53. The Morgan fingerprint density at radius 1 is 1.62 bits per heavy atom. The zero-order chi connectivity index (χ0) is 12.2. The summed E-state index contributed by atoms with van der Waals surface area (Å²) in [5.41, 5.74) is 0. The van der Waals surface area contributed by atoms with Gasteiger partial charge in [0.1, 0.15) is 6.04 Å². The third-order valence-corrected chi connectivity index (χ3v) is 2.61. The molecule has 16 heavy (non-hydrogen) atoms. The van der Waals surface area contributed by atoms with E-state index in [1.165, 1.54) is 4.31 Å². The molecule has 1 N–H and O–H groups in total. The van der Waals surface area contributed by atoms with Crippen LogP contribution in [-0.2, 0) is 8.98 Å². The molecule has 8 heteroatoms. The second-order valence-electron chi connectivity index (χ2n) is 3.36. The Hall–Kier alpha value is -0.470. The topological polar surface area (TPSA) is 41.3 Å². The first kappa shape index (κ1) is 13.6. The molecule has 1 amide bonds. The standard InChI is InChI=1S/C8H13F3N2O2S/c1-2-3-12-7(14)6-4-13(6)16-15-5-8(9,10)11/h6H,2-5H2,1H3,(H,12,14). The van der Waals surface area contributed by atoms with E-state index in [9.17, 15) is 18.0 Å². The molecule has 0 aromatic rings. The van der Waals surface area contributed by atoms with E-state index in [0.29, 0.717) is 25.3 Å². The fourth-order valence-electron chi connectivity index (χ4n) is 0.946. The fraction of sp³-hybridized carbons (Fsp3) is 0.875. The molecule has 1 aliphatic rings. The van der Waals surface area contributed by atoms with E-state index in [4.69, 9.17) is 0 Å². The van der Waals surface area contributed by atoms with Crippen LogP contribution in [0.5, 0.6) is 0 Å². The van der Waals surface area contributed by atoms with Crippen molar-refractivity contribution in [1.29, 1.82) is 0 Å². The van der Waals surface area contributed by atoms with Gasteiger partial charge in [-0.25, -0.2) is 4.31 Å². The lowest BCUT2D eigenvalue weighted by Gasteiger charge is -2.06. The van der Waals surface area contributed by atoms with Gasteiger partial charge in [-0.05, 0) is 6.42 Å². The van der Waals surface area contributed by atoms with Crippen molar-refractivity contribution in [2.45, 2.75) is 25.6 Å². The monoisotopic (exact) mass is 258 g/mol. The van der Waals surface area contributed by atoms with Crippen molar-refractivity contribution in [2.24, 2.45) is 0 Å². The lowest BCUT2D eigenvalue weighted by Crippen LogP contribution is -2.29. The van der Waals surface area contributed by atoms with Gasteiger partial charge in [0, 0.05) is 13.1 Å². The maximum Gasteiger partial charge on any atom is 0.413 e. The summed E-state index contributed by atoms with van der Waals surface area (Å²) in [6.07, 6.45) is -3.50. The second-order valence-corrected chi connectivity index (χ2v) is 4.21. The molecule has 94 valence electrons. The Balaban J connectivity index is 2.08. The summed E-state index contributed by atoms with van der Waals surface area (Å²) in [4.78, 5) is 11.3. The molecule has 0 aromatic heterocycles. The lowest BCUT2D eigenvalue weighted by atomic mass is 10.4. The van der Waals surface area contributed by atoms with Gasteiger partial charge in [-0.15, -0.1) is 0 Å². The molecule has 0 saturated carbocycles. The molecule has 0 radical (unpaired) electrons. The third kappa shape index (κ3) is 5.04. The van der Waals surface area contributed by atoms with Crippen molar-refractivity contribution in [3.8, 4) is 0 Å². The highest BCUT2D eigenvalue weighted by Crippen LogP contribution is 2.30. The summed E-state index contributed by atoms with van der Waals surface area (Å²) in [6.45, 7) is 1.62. The number of nitrogens with one attached hydrogen (secondary N) is 1. The Morgan fingerprint density at radius 2 is 2.31 bits per heavy atom. The summed E-state index contributed by atoms with van der Waals surface area (Å²) in [5, 5.41) is 2.66. The molecular formula is C8H13F3N2O2S. The molecule has 1 rings (SSSR count). The minimum Gasteiger partial charge on any atom is -0.355 e. The Kier molecular flexibility index (Phi) is 4.88. The summed E-state index contributed by atoms with van der Waals surface area (Å²) in [6, 6.07) is -0.357. The van der Waals surface area contributed by atoms with Gasteiger partial charge >= 0.3 is 6.18 Å². The van der Waals surface area contributed by atoms with Crippen LogP contribution in [0.4, 0.5) is 13.2 Å². The average molecular weight is 258 g/mol. The van der Waals surface area contributed by atoms with Gasteiger partial charge in [-0.2, -0.15) is 13.2 Å². The van der Waals surface area contributed by atoms with E-state index in [0.717, 1.165) is 6.42 Å². The Labute approximate surface area is 95.8 Å². The van der Waals surface area contributed by atoms with Gasteiger partial charge in [0.2, 0.25) is 5.91 Å². The summed E-state index contributed by atoms with van der Waals surface area (Å²) in [7, 11) is 0. The number of nitrogens with zero attached hydrogens (tertiary/aromatic N) is 1. The predicted octanol–water partition coefficient (Wildman–Crippen LogP) is 1.34. The summed E-state index contributed by atoms with van der Waals surface area (Å²) >= 11 is 0.592. The Morgan fingerprint density at radius 3 is 2.88 bits per heavy atom. The van der Waals surface area contributed by atoms with E-state index in [1.807, 2.05) is 6.92 Å². The highest BCUT2D eigenvalue weighted by Gasteiger charge is 2.42. The number of carbonyl (C=O) groups is 1. The molecular weight excluding hydrogens is 245 g/mol. The lowest BCUT2D eigenvalue weighted by molar-refractivity contribution is -0.150. The van der Waals surface area contributed by atoms with Gasteiger partial charge in [-0.3, -0.25) is 8.98 Å². The van der Waals surface area contributed by atoms with E-state index >= 15 is 0 Å². The largest absolute Gasteiger partial charge is 0.413 e. The fourth-order valence-corrected chi connectivity index (χ4v) is 1.67. The maximum absolute atomic E-state index is 11.7. The minimum atomic E-state index is -4.33. The van der Waals surface area contributed by atoms with Crippen LogP contribution in [0.3, 0.4) is 0 Å². The van der Waals surface area contributed by atoms with E-state index < -0.39 is 12.8 Å². The Bertz CT molecular complexity index is 250. The average Bonchev–Trinajstić information content (AvgIpc) is 2.91. The van der Waals surface area contributed by atoms with Crippen molar-refractivity contribution in [3.05, 3.63) is 0 Å². The predicted molar refractivity (Wildman–Crippen MR) is 53.4 cm³/mol. The van der Waals surface area contributed by atoms with E-state index in [1.54, 1.807) is 0 Å². The molecule has 1 saturated heterocycles. The SMILES string of the molecule is CCCNC(=O)C1CN1SOCC(F)(F)F. The van der Waals surface area contributed by atoms with Crippen molar-refractivity contribution >= 4 is 18.1 Å². The van der Waals surface area contributed by atoms with Gasteiger partial charge < -0.3 is 5.32 Å². The number of halogens is 3. The number of alkyl halides is 3. The number of amides is 1. The third-order valence-electron chi connectivity index (χ3n) is 1.79. The number of rotatable bonds is 6. The van der Waals surface area contributed by atoms with Crippen LogP contribution in [0.15, 0.2) is 0 Å². The van der Waals surface area contributed by atoms with Crippen molar-refractivity contribution in [2.75, 3.05) is 19.7 Å². The molecule has 0 bridgehead atoms. The minimum absolute atomic E-state index is 0.162. The van der Waals surface area contributed by atoms with Crippen LogP contribution >= 0.6 is 12.2 Å². The van der Waals surface area contributed by atoms with Gasteiger partial charge in [-0.1, -0.05) is 6.92 Å². The molecule has 0 spiro atoms. The van der Waals surface area contributed by atoms with Crippen LogP contribution < -0.4 is 5.32 Å². The number of hydrogen-bond acceptors (Lipinski definition) is 4. The molecule has 1 heterocycles. The zero-order valence-electron chi connectivity index (χ0n) is 8.71. The maximum atomic E-state index is 11.7. The highest BCUT2D eigenvalue weighted by atomic mass is 32.2. The van der Waals surface area contributed by atoms with Crippen molar-refractivity contribution in [3.63, 3.8) is 0 Å². The van der Waals surface area contributed by atoms with E-state index in [-0.39, 0.29) is 11.9 Å². The van der Waals surface area contributed by atoms with Crippen LogP contribution in [-0.4, -0.2) is 42.1 Å². The first-order valence-electron chi connectivity index (χ1n) is 4.84. The van der Waals surface area contributed by atoms with Crippen molar-refractivity contribution < 1.29 is 22.1 Å². The van der Waals surface area contributed by atoms with Crippen LogP contribution in [0.25, 0.3) is 0 Å². The second kappa shape index (κ2) is 5.74. The van der Waals surface area contributed by atoms with Crippen molar-refractivity contribution in [1.82, 2.24) is 9.62 Å².